The van der Waals surface area contributed by atoms with E-state index >= 15 is 0 Å². The number of anilines is 1. The second kappa shape index (κ2) is 9.56. The molecule has 152 valence electrons. The van der Waals surface area contributed by atoms with E-state index in [1.54, 1.807) is 7.11 Å². The molecular formula is C23H27N3O3. The molecule has 0 radical (unpaired) electrons. The molecule has 0 bridgehead atoms. The van der Waals surface area contributed by atoms with Crippen molar-refractivity contribution >= 4 is 5.69 Å². The molecule has 1 aliphatic rings. The number of methoxy groups -OCH3 is 1. The lowest BCUT2D eigenvalue weighted by Gasteiger charge is -2.22. The average molecular weight is 393 g/mol. The van der Waals surface area contributed by atoms with Crippen LogP contribution in [-0.4, -0.2) is 23.4 Å². The third kappa shape index (κ3) is 5.15. The minimum Gasteiger partial charge on any atom is -0.496 e. The van der Waals surface area contributed by atoms with Crippen molar-refractivity contribution < 1.29 is 14.0 Å². The minimum absolute atomic E-state index is 0.409. The van der Waals surface area contributed by atoms with Crippen LogP contribution in [0, 0.1) is 0 Å². The van der Waals surface area contributed by atoms with Crippen LogP contribution in [0.25, 0.3) is 11.4 Å². The van der Waals surface area contributed by atoms with Gasteiger partial charge in [0.05, 0.1) is 31.9 Å². The van der Waals surface area contributed by atoms with Crippen molar-refractivity contribution in [2.24, 2.45) is 0 Å². The first kappa shape index (κ1) is 19.5. The standard InChI is InChI=1S/C23H27N3O3/c1-27-21-13-6-5-12-20(21)23-25-22(29-26-23)15-24-18-9-7-8-17(14-18)16-28-19-10-3-2-4-11-19/h5-9,12-14,19,24H,2-4,10-11,15-16H2,1H3. The highest BCUT2D eigenvalue weighted by molar-refractivity contribution is 5.63. The lowest BCUT2D eigenvalue weighted by Crippen LogP contribution is -2.16. The van der Waals surface area contributed by atoms with Crippen molar-refractivity contribution in [2.45, 2.75) is 51.4 Å². The smallest absolute Gasteiger partial charge is 0.246 e. The zero-order valence-electron chi connectivity index (χ0n) is 16.8. The SMILES string of the molecule is COc1ccccc1-c1noc(CNc2cccc(COC3CCCCC3)c2)n1. The summed E-state index contributed by atoms with van der Waals surface area (Å²) in [6.07, 6.45) is 6.69. The van der Waals surface area contributed by atoms with Crippen LogP contribution in [0.4, 0.5) is 5.69 Å². The van der Waals surface area contributed by atoms with Crippen LogP contribution in [0.2, 0.25) is 0 Å². The number of nitrogens with zero attached hydrogens (tertiary/aromatic N) is 2. The Morgan fingerprint density at radius 2 is 1.93 bits per heavy atom. The largest absolute Gasteiger partial charge is 0.496 e. The van der Waals surface area contributed by atoms with Crippen molar-refractivity contribution in [2.75, 3.05) is 12.4 Å². The maximum Gasteiger partial charge on any atom is 0.246 e. The Kier molecular flexibility index (Phi) is 6.42. The number of aromatic nitrogens is 2. The summed E-state index contributed by atoms with van der Waals surface area (Å²) < 4.78 is 16.8. The molecule has 1 aliphatic carbocycles. The quantitative estimate of drug-likeness (QED) is 0.567. The van der Waals surface area contributed by atoms with Crippen molar-refractivity contribution in [3.05, 3.63) is 60.0 Å². The maximum absolute atomic E-state index is 6.08. The van der Waals surface area contributed by atoms with E-state index < -0.39 is 0 Å². The van der Waals surface area contributed by atoms with Gasteiger partial charge in [0.15, 0.2) is 0 Å². The number of hydrogen-bond acceptors (Lipinski definition) is 6. The van der Waals surface area contributed by atoms with E-state index in [4.69, 9.17) is 14.0 Å². The van der Waals surface area contributed by atoms with Crippen LogP contribution < -0.4 is 10.1 Å². The van der Waals surface area contributed by atoms with Crippen LogP contribution in [0.15, 0.2) is 53.1 Å². The van der Waals surface area contributed by atoms with E-state index in [1.807, 2.05) is 36.4 Å². The van der Waals surface area contributed by atoms with Crippen molar-refractivity contribution in [1.82, 2.24) is 10.1 Å². The minimum atomic E-state index is 0.409. The van der Waals surface area contributed by atoms with Gasteiger partial charge in [0.25, 0.3) is 0 Å². The molecule has 0 unspecified atom stereocenters. The highest BCUT2D eigenvalue weighted by Crippen LogP contribution is 2.27. The Morgan fingerprint density at radius 3 is 2.79 bits per heavy atom. The van der Waals surface area contributed by atoms with Gasteiger partial charge < -0.3 is 19.3 Å². The topological polar surface area (TPSA) is 69.4 Å². The molecule has 0 aliphatic heterocycles. The molecule has 0 atom stereocenters. The van der Waals surface area contributed by atoms with Crippen LogP contribution in [0.5, 0.6) is 5.75 Å². The predicted molar refractivity (Wildman–Crippen MR) is 112 cm³/mol. The van der Waals surface area contributed by atoms with Gasteiger partial charge in [0, 0.05) is 5.69 Å². The molecule has 6 nitrogen and oxygen atoms in total. The van der Waals surface area contributed by atoms with E-state index in [2.05, 4.69) is 27.6 Å². The molecule has 6 heteroatoms. The fourth-order valence-electron chi connectivity index (χ4n) is 3.66. The fraction of sp³-hybridized carbons (Fsp3) is 0.391. The molecule has 29 heavy (non-hydrogen) atoms. The van der Waals surface area contributed by atoms with Crippen molar-refractivity contribution in [3.63, 3.8) is 0 Å². The lowest BCUT2D eigenvalue weighted by molar-refractivity contribution is 0.0169. The first-order valence-electron chi connectivity index (χ1n) is 10.2. The van der Waals surface area contributed by atoms with Crippen molar-refractivity contribution in [3.8, 4) is 17.1 Å². The Morgan fingerprint density at radius 1 is 1.07 bits per heavy atom. The van der Waals surface area contributed by atoms with E-state index in [0.717, 1.165) is 17.0 Å². The fourth-order valence-corrected chi connectivity index (χ4v) is 3.66. The zero-order valence-corrected chi connectivity index (χ0v) is 16.8. The Bertz CT molecular complexity index is 919. The van der Waals surface area contributed by atoms with Crippen LogP contribution >= 0.6 is 0 Å². The normalized spacial score (nSPS) is 14.7. The molecule has 1 saturated carbocycles. The Balaban J connectivity index is 1.34. The van der Waals surface area contributed by atoms with E-state index in [-0.39, 0.29) is 0 Å². The molecule has 1 fully saturated rings. The second-order valence-electron chi connectivity index (χ2n) is 7.34. The van der Waals surface area contributed by atoms with Crippen molar-refractivity contribution in [1.29, 1.82) is 0 Å². The average Bonchev–Trinajstić information content (AvgIpc) is 3.26. The molecular weight excluding hydrogens is 366 g/mol. The van der Waals surface area contributed by atoms with Gasteiger partial charge in [-0.25, -0.2) is 0 Å². The second-order valence-corrected chi connectivity index (χ2v) is 7.34. The summed E-state index contributed by atoms with van der Waals surface area (Å²) in [5.74, 6) is 1.77. The van der Waals surface area contributed by atoms with Gasteiger partial charge in [-0.3, -0.25) is 0 Å². The number of ether oxygens (including phenoxy) is 2. The molecule has 4 rings (SSSR count). The van der Waals surface area contributed by atoms with Gasteiger partial charge in [-0.05, 0) is 42.7 Å². The summed E-state index contributed by atoms with van der Waals surface area (Å²) in [4.78, 5) is 4.48. The summed E-state index contributed by atoms with van der Waals surface area (Å²) >= 11 is 0. The van der Waals surface area contributed by atoms with Gasteiger partial charge in [0.2, 0.25) is 11.7 Å². The highest BCUT2D eigenvalue weighted by atomic mass is 16.5. The molecule has 1 heterocycles. The van der Waals surface area contributed by atoms with Gasteiger partial charge in [-0.15, -0.1) is 0 Å². The number of para-hydroxylation sites is 1. The molecule has 0 saturated heterocycles. The third-order valence-electron chi connectivity index (χ3n) is 5.22. The van der Waals surface area contributed by atoms with Crippen LogP contribution in [0.1, 0.15) is 43.6 Å². The molecule has 1 aromatic heterocycles. The lowest BCUT2D eigenvalue weighted by atomic mass is 9.98. The highest BCUT2D eigenvalue weighted by Gasteiger charge is 2.14. The number of rotatable bonds is 8. The van der Waals surface area contributed by atoms with Gasteiger partial charge >= 0.3 is 0 Å². The third-order valence-corrected chi connectivity index (χ3v) is 5.22. The van der Waals surface area contributed by atoms with Crippen LogP contribution in [-0.2, 0) is 17.9 Å². The van der Waals surface area contributed by atoms with Gasteiger partial charge in [-0.2, -0.15) is 4.98 Å². The van der Waals surface area contributed by atoms with E-state index in [1.165, 1.54) is 37.7 Å². The number of nitrogens with one attached hydrogen (secondary N) is 1. The number of benzene rings is 2. The summed E-state index contributed by atoms with van der Waals surface area (Å²) in [6, 6.07) is 15.9. The van der Waals surface area contributed by atoms with E-state index in [9.17, 15) is 0 Å². The molecule has 2 aromatic carbocycles. The summed E-state index contributed by atoms with van der Waals surface area (Å²) in [5.41, 5.74) is 2.99. The predicted octanol–water partition coefficient (Wildman–Crippen LogP) is 5.21. The molecule has 0 amide bonds. The van der Waals surface area contributed by atoms with Crippen LogP contribution in [0.3, 0.4) is 0 Å². The van der Waals surface area contributed by atoms with E-state index in [0.29, 0.717) is 31.0 Å². The number of hydrogen-bond donors (Lipinski definition) is 1. The Hall–Kier alpha value is -2.86. The zero-order chi connectivity index (χ0) is 19.9. The Labute approximate surface area is 171 Å². The molecule has 3 aromatic rings. The monoisotopic (exact) mass is 393 g/mol. The maximum atomic E-state index is 6.08. The molecule has 1 N–H and O–H groups in total. The van der Waals surface area contributed by atoms with Gasteiger partial charge in [0.1, 0.15) is 5.75 Å². The first-order valence-corrected chi connectivity index (χ1v) is 10.2. The van der Waals surface area contributed by atoms with Gasteiger partial charge in [-0.1, -0.05) is 48.7 Å². The summed E-state index contributed by atoms with van der Waals surface area (Å²) in [6.45, 7) is 1.10. The molecule has 0 spiro atoms. The first-order chi connectivity index (χ1) is 14.3. The summed E-state index contributed by atoms with van der Waals surface area (Å²) in [7, 11) is 1.63. The summed E-state index contributed by atoms with van der Waals surface area (Å²) in [5, 5.41) is 7.43.